The third kappa shape index (κ3) is 8.27. The summed E-state index contributed by atoms with van der Waals surface area (Å²) in [4.78, 5) is 60.9. The summed E-state index contributed by atoms with van der Waals surface area (Å²) in [6, 6.07) is -2.22. The van der Waals surface area contributed by atoms with E-state index >= 15 is 0 Å². The number of hydrogen-bond acceptors (Lipinski definition) is 8. The zero-order valence-electron chi connectivity index (χ0n) is 27.5. The highest BCUT2D eigenvalue weighted by atomic mass is 32.2. The first-order chi connectivity index (χ1) is 19.5. The van der Waals surface area contributed by atoms with Crippen LogP contribution in [0.2, 0.25) is 0 Å². The lowest BCUT2D eigenvalue weighted by Gasteiger charge is -2.38. The molecule has 11 heteroatoms. The predicted molar refractivity (Wildman–Crippen MR) is 167 cm³/mol. The van der Waals surface area contributed by atoms with Crippen molar-refractivity contribution < 1.29 is 28.7 Å². The fraction of sp³-hybridized carbons (Fsp3) is 0.839. The van der Waals surface area contributed by atoms with E-state index in [1.54, 1.807) is 41.9 Å². The molecule has 0 aromatic carbocycles. The minimum atomic E-state index is -1.10. The average Bonchev–Trinajstić information content (AvgIpc) is 3.35. The van der Waals surface area contributed by atoms with E-state index in [1.807, 2.05) is 27.7 Å². The van der Waals surface area contributed by atoms with Crippen molar-refractivity contribution in [3.63, 3.8) is 0 Å². The number of nitrogens with one attached hydrogen (secondary N) is 2. The first-order valence-corrected chi connectivity index (χ1v) is 16.4. The van der Waals surface area contributed by atoms with E-state index in [1.165, 1.54) is 16.7 Å². The highest BCUT2D eigenvalue weighted by Gasteiger charge is 2.47. The predicted octanol–water partition coefficient (Wildman–Crippen LogP) is 3.96. The molecule has 0 radical (unpaired) electrons. The average molecular weight is 611 g/mol. The Balaban J connectivity index is 2.53. The van der Waals surface area contributed by atoms with Crippen molar-refractivity contribution in [1.82, 2.24) is 15.5 Å². The van der Waals surface area contributed by atoms with Gasteiger partial charge in [-0.3, -0.25) is 19.4 Å². The highest BCUT2D eigenvalue weighted by molar-refractivity contribution is 8.14. The summed E-state index contributed by atoms with van der Waals surface area (Å²) in [5, 5.41) is 6.52. The number of ether oxygens (including phenoxy) is 2. The standard InChI is InChI=1S/C31H54N4O6S/c1-12-14-22(40-11)16-15-19(4)24-30(7,8)28(38)33-20(5)26-34-31(9,17-42-26)29(39)35(10)23(18(3)13-2)25(36)32-21(6)27(37)41-24/h18-24H,12-17H2,1-11H3,(H,32,36)(H,33,38)/t18-,19+,20+,21-,22-,23?,24-,31-/m0/s1. The second-order valence-corrected chi connectivity index (χ2v) is 14.0. The van der Waals surface area contributed by atoms with Gasteiger partial charge in [0.15, 0.2) is 0 Å². The van der Waals surface area contributed by atoms with Gasteiger partial charge in [-0.2, -0.15) is 0 Å². The topological polar surface area (TPSA) is 126 Å². The molecule has 2 bridgehead atoms. The maximum absolute atomic E-state index is 13.8. The molecule has 2 aliphatic rings. The number of esters is 1. The van der Waals surface area contributed by atoms with E-state index in [0.717, 1.165) is 19.3 Å². The Kier molecular flexibility index (Phi) is 12.9. The van der Waals surface area contributed by atoms with Crippen molar-refractivity contribution in [2.45, 2.75) is 130 Å². The van der Waals surface area contributed by atoms with Gasteiger partial charge in [0.1, 0.15) is 23.7 Å². The molecular formula is C31H54N4O6S. The largest absolute Gasteiger partial charge is 0.459 e. The van der Waals surface area contributed by atoms with Crippen molar-refractivity contribution in [2.75, 3.05) is 19.9 Å². The minimum absolute atomic E-state index is 0.0819. The normalized spacial score (nSPS) is 31.5. The van der Waals surface area contributed by atoms with Crippen LogP contribution in [-0.2, 0) is 28.7 Å². The lowest BCUT2D eigenvalue weighted by atomic mass is 9.77. The summed E-state index contributed by atoms with van der Waals surface area (Å²) in [6.45, 7) is 16.7. The van der Waals surface area contributed by atoms with Crippen LogP contribution in [0.25, 0.3) is 0 Å². The van der Waals surface area contributed by atoms with Crippen LogP contribution in [0.1, 0.15) is 94.4 Å². The van der Waals surface area contributed by atoms with Crippen molar-refractivity contribution in [2.24, 2.45) is 22.2 Å². The maximum Gasteiger partial charge on any atom is 0.328 e. The van der Waals surface area contributed by atoms with Gasteiger partial charge in [0.05, 0.1) is 22.6 Å². The monoisotopic (exact) mass is 610 g/mol. The van der Waals surface area contributed by atoms with Crippen LogP contribution in [0.4, 0.5) is 0 Å². The molecule has 3 amide bonds. The zero-order chi connectivity index (χ0) is 32.0. The molecule has 10 nitrogen and oxygen atoms in total. The van der Waals surface area contributed by atoms with E-state index in [4.69, 9.17) is 14.5 Å². The Hall–Kier alpha value is -2.14. The Morgan fingerprint density at radius 2 is 1.67 bits per heavy atom. The molecule has 0 saturated carbocycles. The number of fused-ring (bicyclic) bond motifs is 1. The molecule has 2 rings (SSSR count). The number of rotatable bonds is 9. The number of thioether (sulfide) groups is 1. The molecule has 2 N–H and O–H groups in total. The van der Waals surface area contributed by atoms with Crippen LogP contribution in [-0.4, -0.2) is 89.4 Å². The van der Waals surface area contributed by atoms with E-state index in [2.05, 4.69) is 17.6 Å². The maximum atomic E-state index is 13.8. The Labute approximate surface area is 256 Å². The number of aliphatic imine (C=N–C) groups is 1. The fourth-order valence-electron chi connectivity index (χ4n) is 5.83. The molecule has 2 aliphatic heterocycles. The minimum Gasteiger partial charge on any atom is -0.459 e. The Bertz CT molecular complexity index is 1020. The van der Waals surface area contributed by atoms with Crippen LogP contribution < -0.4 is 10.6 Å². The fourth-order valence-corrected chi connectivity index (χ4v) is 7.03. The number of carbonyl (C=O) groups excluding carboxylic acids is 4. The number of amides is 3. The molecule has 240 valence electrons. The van der Waals surface area contributed by atoms with Crippen LogP contribution >= 0.6 is 11.8 Å². The van der Waals surface area contributed by atoms with Gasteiger partial charge in [0.25, 0.3) is 5.91 Å². The molecule has 42 heavy (non-hydrogen) atoms. The van der Waals surface area contributed by atoms with Gasteiger partial charge in [-0.25, -0.2) is 4.79 Å². The number of carbonyl (C=O) groups is 4. The van der Waals surface area contributed by atoms with Crippen LogP contribution in [0.5, 0.6) is 0 Å². The summed E-state index contributed by atoms with van der Waals surface area (Å²) in [5.74, 6) is -1.53. The number of nitrogens with zero attached hydrogens (tertiary/aromatic N) is 2. The summed E-state index contributed by atoms with van der Waals surface area (Å²) < 4.78 is 11.7. The first kappa shape index (κ1) is 36.1. The second kappa shape index (κ2) is 15.0. The van der Waals surface area contributed by atoms with Crippen molar-refractivity contribution in [3.05, 3.63) is 0 Å². The van der Waals surface area contributed by atoms with Crippen molar-refractivity contribution >= 4 is 40.5 Å². The Morgan fingerprint density at radius 1 is 1.02 bits per heavy atom. The number of likely N-dealkylation sites (N-methyl/N-ethyl adjacent to an activating group) is 1. The molecular weight excluding hydrogens is 556 g/mol. The second-order valence-electron chi connectivity index (χ2n) is 13.0. The molecule has 2 heterocycles. The van der Waals surface area contributed by atoms with Gasteiger partial charge in [-0.1, -0.05) is 40.5 Å². The van der Waals surface area contributed by atoms with Gasteiger partial charge in [0, 0.05) is 19.9 Å². The third-order valence-electron chi connectivity index (χ3n) is 8.88. The molecule has 1 unspecified atom stereocenters. The molecule has 0 aromatic heterocycles. The lowest BCUT2D eigenvalue weighted by Crippen LogP contribution is -2.58. The number of methoxy groups -OCH3 is 1. The molecule has 0 aliphatic carbocycles. The van der Waals surface area contributed by atoms with Crippen molar-refractivity contribution in [3.8, 4) is 0 Å². The smallest absolute Gasteiger partial charge is 0.328 e. The third-order valence-corrected chi connectivity index (χ3v) is 10.3. The van der Waals surface area contributed by atoms with E-state index < -0.39 is 47.1 Å². The van der Waals surface area contributed by atoms with E-state index in [-0.39, 0.29) is 29.8 Å². The van der Waals surface area contributed by atoms with Crippen molar-refractivity contribution in [1.29, 1.82) is 0 Å². The van der Waals surface area contributed by atoms with Gasteiger partial charge < -0.3 is 25.0 Å². The molecule has 0 spiro atoms. The first-order valence-electron chi connectivity index (χ1n) is 15.4. The number of cyclic esters (lactones) is 1. The van der Waals surface area contributed by atoms with Crippen LogP contribution in [0.3, 0.4) is 0 Å². The summed E-state index contributed by atoms with van der Waals surface area (Å²) in [7, 11) is 3.32. The van der Waals surface area contributed by atoms with Crippen LogP contribution in [0, 0.1) is 17.3 Å². The summed E-state index contributed by atoms with van der Waals surface area (Å²) in [6.07, 6.45) is 3.35. The summed E-state index contributed by atoms with van der Waals surface area (Å²) >= 11 is 1.44. The molecule has 0 fully saturated rings. The quantitative estimate of drug-likeness (QED) is 0.379. The van der Waals surface area contributed by atoms with E-state index in [9.17, 15) is 19.2 Å². The SMILES string of the molecule is CCC[C@@H](CC[C@@H](C)[C@@H]1OC(=O)[C@H](C)NC(=O)C([C@@H](C)CC)N(C)C(=O)[C@]2(C)CSC(=N2)[C@@H](C)NC(=O)C1(C)C)OC. The molecule has 0 saturated heterocycles. The van der Waals surface area contributed by atoms with Gasteiger partial charge >= 0.3 is 5.97 Å². The molecule has 8 atom stereocenters. The van der Waals surface area contributed by atoms with Gasteiger partial charge in [0.2, 0.25) is 11.8 Å². The summed E-state index contributed by atoms with van der Waals surface area (Å²) in [5.41, 5.74) is -2.18. The molecule has 0 aromatic rings. The lowest BCUT2D eigenvalue weighted by molar-refractivity contribution is -0.167. The highest BCUT2D eigenvalue weighted by Crippen LogP contribution is 2.35. The number of hydrogen-bond donors (Lipinski definition) is 2. The van der Waals surface area contributed by atoms with Gasteiger partial charge in [-0.05, 0) is 65.7 Å². The van der Waals surface area contributed by atoms with Gasteiger partial charge in [-0.15, -0.1) is 11.8 Å². The Morgan fingerprint density at radius 3 is 2.24 bits per heavy atom. The van der Waals surface area contributed by atoms with Crippen LogP contribution in [0.15, 0.2) is 4.99 Å². The van der Waals surface area contributed by atoms with E-state index in [0.29, 0.717) is 23.6 Å². The zero-order valence-corrected chi connectivity index (χ0v) is 28.4.